The smallest absolute Gasteiger partial charge is 0.248 e. The van der Waals surface area contributed by atoms with E-state index in [-0.39, 0.29) is 31.1 Å². The average molecular weight is 420 g/mol. The number of hydrogen-bond acceptors (Lipinski definition) is 2. The Morgan fingerprint density at radius 2 is 1.90 bits per heavy atom. The van der Waals surface area contributed by atoms with Gasteiger partial charge in [0, 0.05) is 49.8 Å². The predicted octanol–water partition coefficient (Wildman–Crippen LogP) is 5.52. The molecule has 30 heavy (non-hydrogen) atoms. The van der Waals surface area contributed by atoms with E-state index in [0.29, 0.717) is 25.2 Å². The third kappa shape index (κ3) is 4.02. The minimum atomic E-state index is -2.62. The summed E-state index contributed by atoms with van der Waals surface area (Å²) in [5, 5.41) is 2.92. The Balaban J connectivity index is 1.49. The molecule has 1 heterocycles. The van der Waals surface area contributed by atoms with Gasteiger partial charge in [-0.2, -0.15) is 0 Å². The van der Waals surface area contributed by atoms with Crippen LogP contribution in [0.5, 0.6) is 0 Å². The molecule has 0 radical (unpaired) electrons. The van der Waals surface area contributed by atoms with Crippen LogP contribution >= 0.6 is 0 Å². The number of nitrogens with one attached hydrogen (secondary N) is 1. The molecule has 1 aliphatic heterocycles. The number of carbonyl (C=O) groups excluding carboxylic acids is 1. The third-order valence-electron chi connectivity index (χ3n) is 6.17. The molecule has 4 rings (SSSR count). The van der Waals surface area contributed by atoms with Gasteiger partial charge in [-0.1, -0.05) is 6.07 Å². The summed E-state index contributed by atoms with van der Waals surface area (Å²) in [6.07, 6.45) is 0.373. The fourth-order valence-electron chi connectivity index (χ4n) is 4.61. The molecule has 0 saturated heterocycles. The molecule has 2 aromatic carbocycles. The van der Waals surface area contributed by atoms with E-state index in [9.17, 15) is 22.4 Å². The summed E-state index contributed by atoms with van der Waals surface area (Å²) in [6.45, 7) is 5.06. The van der Waals surface area contributed by atoms with Gasteiger partial charge in [0.25, 0.3) is 0 Å². The van der Waals surface area contributed by atoms with Crippen LogP contribution < -0.4 is 10.2 Å². The van der Waals surface area contributed by atoms with Crippen LogP contribution in [-0.2, 0) is 17.8 Å². The summed E-state index contributed by atoms with van der Waals surface area (Å²) in [4.78, 5) is 14.4. The Morgan fingerprint density at radius 1 is 1.17 bits per heavy atom. The minimum absolute atomic E-state index is 0.107. The standard InChI is InChI=1S/C23H24F4N2O/c1-13-7-16-12-29(17-3-4-19(24)20(25)9-17)6-5-18(16)14(2)22(13)28-21(30)8-15-10-23(26,27)11-15/h3-4,7,9,15H,5-6,8,10-12H2,1-2H3,(H,28,30). The largest absolute Gasteiger partial charge is 0.367 e. The van der Waals surface area contributed by atoms with Crippen molar-refractivity contribution in [1.82, 2.24) is 0 Å². The van der Waals surface area contributed by atoms with Gasteiger partial charge in [-0.15, -0.1) is 0 Å². The first-order valence-electron chi connectivity index (χ1n) is 10.1. The summed E-state index contributed by atoms with van der Waals surface area (Å²) in [7, 11) is 0. The molecule has 160 valence electrons. The zero-order valence-electron chi connectivity index (χ0n) is 17.0. The van der Waals surface area contributed by atoms with Crippen molar-refractivity contribution in [2.24, 2.45) is 5.92 Å². The number of fused-ring (bicyclic) bond motifs is 1. The first-order valence-corrected chi connectivity index (χ1v) is 10.1. The molecule has 0 unspecified atom stereocenters. The van der Waals surface area contributed by atoms with Crippen LogP contribution in [0.1, 0.15) is 41.5 Å². The molecule has 1 amide bonds. The molecular formula is C23H24F4N2O. The second kappa shape index (κ2) is 7.60. The number of nitrogens with zero attached hydrogens (tertiary/aromatic N) is 1. The van der Waals surface area contributed by atoms with Crippen molar-refractivity contribution in [3.05, 3.63) is 58.2 Å². The van der Waals surface area contributed by atoms with Crippen LogP contribution in [-0.4, -0.2) is 18.4 Å². The number of alkyl halides is 2. The Kier molecular flexibility index (Phi) is 5.24. The summed E-state index contributed by atoms with van der Waals surface area (Å²) in [5.74, 6) is -4.85. The second-order valence-corrected chi connectivity index (χ2v) is 8.48. The van der Waals surface area contributed by atoms with Crippen LogP contribution in [0.15, 0.2) is 24.3 Å². The highest BCUT2D eigenvalue weighted by molar-refractivity contribution is 5.93. The number of rotatable bonds is 4. The van der Waals surface area contributed by atoms with Gasteiger partial charge in [0.1, 0.15) is 0 Å². The SMILES string of the molecule is Cc1cc2c(c(C)c1NC(=O)CC1CC(F)(F)C1)CCN(c1ccc(F)c(F)c1)C2. The maximum atomic E-state index is 13.6. The summed E-state index contributed by atoms with van der Waals surface area (Å²) >= 11 is 0. The number of halogens is 4. The van der Waals surface area contributed by atoms with Gasteiger partial charge >= 0.3 is 0 Å². The van der Waals surface area contributed by atoms with E-state index in [1.807, 2.05) is 24.8 Å². The van der Waals surface area contributed by atoms with Crippen molar-refractivity contribution >= 4 is 17.3 Å². The van der Waals surface area contributed by atoms with Crippen LogP contribution in [0.2, 0.25) is 0 Å². The number of amides is 1. The molecule has 7 heteroatoms. The number of aryl methyl sites for hydroxylation is 1. The highest BCUT2D eigenvalue weighted by atomic mass is 19.3. The van der Waals surface area contributed by atoms with Crippen molar-refractivity contribution in [2.75, 3.05) is 16.8 Å². The van der Waals surface area contributed by atoms with E-state index in [1.165, 1.54) is 6.07 Å². The maximum absolute atomic E-state index is 13.6. The lowest BCUT2D eigenvalue weighted by atomic mass is 9.79. The van der Waals surface area contributed by atoms with Crippen molar-refractivity contribution in [3.63, 3.8) is 0 Å². The van der Waals surface area contributed by atoms with E-state index in [1.54, 1.807) is 6.07 Å². The van der Waals surface area contributed by atoms with Crippen molar-refractivity contribution in [1.29, 1.82) is 0 Å². The molecule has 0 bridgehead atoms. The van der Waals surface area contributed by atoms with Gasteiger partial charge in [-0.3, -0.25) is 4.79 Å². The average Bonchev–Trinajstić information content (AvgIpc) is 2.65. The fraction of sp³-hybridized carbons (Fsp3) is 0.435. The number of carbonyl (C=O) groups is 1. The monoisotopic (exact) mass is 420 g/mol. The Hall–Kier alpha value is -2.57. The molecule has 0 aromatic heterocycles. The van der Waals surface area contributed by atoms with Crippen LogP contribution in [0, 0.1) is 31.4 Å². The fourth-order valence-corrected chi connectivity index (χ4v) is 4.61. The number of anilines is 2. The van der Waals surface area contributed by atoms with Gasteiger partial charge in [-0.05, 0) is 60.6 Å². The molecule has 0 spiro atoms. The van der Waals surface area contributed by atoms with Crippen LogP contribution in [0.25, 0.3) is 0 Å². The predicted molar refractivity (Wildman–Crippen MR) is 108 cm³/mol. The molecule has 2 aliphatic rings. The molecule has 1 aliphatic carbocycles. The third-order valence-corrected chi connectivity index (χ3v) is 6.17. The Labute approximate surface area is 173 Å². The molecule has 3 nitrogen and oxygen atoms in total. The zero-order chi connectivity index (χ0) is 21.6. The molecule has 1 N–H and O–H groups in total. The molecule has 0 atom stereocenters. The van der Waals surface area contributed by atoms with E-state index in [4.69, 9.17) is 0 Å². The lowest BCUT2D eigenvalue weighted by molar-refractivity contribution is -0.129. The van der Waals surface area contributed by atoms with Gasteiger partial charge in [0.05, 0.1) is 0 Å². The lowest BCUT2D eigenvalue weighted by Gasteiger charge is -2.35. The van der Waals surface area contributed by atoms with E-state index in [0.717, 1.165) is 34.0 Å². The van der Waals surface area contributed by atoms with E-state index in [2.05, 4.69) is 5.32 Å². The quantitative estimate of drug-likeness (QED) is 0.661. The van der Waals surface area contributed by atoms with Crippen LogP contribution in [0.4, 0.5) is 28.9 Å². The zero-order valence-corrected chi connectivity index (χ0v) is 17.0. The summed E-state index contributed by atoms with van der Waals surface area (Å²) in [6, 6.07) is 5.91. The van der Waals surface area contributed by atoms with Crippen molar-refractivity contribution < 1.29 is 22.4 Å². The normalized spacial score (nSPS) is 18.0. The van der Waals surface area contributed by atoms with Gasteiger partial charge in [0.15, 0.2) is 11.6 Å². The lowest BCUT2D eigenvalue weighted by Crippen LogP contribution is -2.37. The second-order valence-electron chi connectivity index (χ2n) is 8.48. The van der Waals surface area contributed by atoms with Crippen molar-refractivity contribution in [3.8, 4) is 0 Å². The topological polar surface area (TPSA) is 32.3 Å². The summed E-state index contributed by atoms with van der Waals surface area (Å²) < 4.78 is 52.9. The molecular weight excluding hydrogens is 396 g/mol. The van der Waals surface area contributed by atoms with Gasteiger partial charge in [-0.25, -0.2) is 17.6 Å². The van der Waals surface area contributed by atoms with Crippen LogP contribution in [0.3, 0.4) is 0 Å². The van der Waals surface area contributed by atoms with Gasteiger partial charge < -0.3 is 10.2 Å². The molecule has 1 saturated carbocycles. The first kappa shape index (κ1) is 20.7. The Morgan fingerprint density at radius 3 is 2.57 bits per heavy atom. The highest BCUT2D eigenvalue weighted by Gasteiger charge is 2.45. The first-order chi connectivity index (χ1) is 14.1. The van der Waals surface area contributed by atoms with Gasteiger partial charge in [0.2, 0.25) is 11.8 Å². The van der Waals surface area contributed by atoms with Crippen molar-refractivity contribution in [2.45, 2.75) is 52.0 Å². The molecule has 2 aromatic rings. The Bertz CT molecular complexity index is 997. The summed E-state index contributed by atoms with van der Waals surface area (Å²) in [5.41, 5.74) is 5.45. The highest BCUT2D eigenvalue weighted by Crippen LogP contribution is 2.44. The molecule has 1 fully saturated rings. The number of hydrogen-bond donors (Lipinski definition) is 1. The van der Waals surface area contributed by atoms with E-state index >= 15 is 0 Å². The minimum Gasteiger partial charge on any atom is -0.367 e. The maximum Gasteiger partial charge on any atom is 0.248 e. The van der Waals surface area contributed by atoms with E-state index < -0.39 is 17.6 Å². The number of benzene rings is 2.